The molecule has 1 heterocycles. The van der Waals surface area contributed by atoms with Crippen molar-refractivity contribution in [3.8, 4) is 0 Å². The maximum absolute atomic E-state index is 13.0. The molecule has 4 nitrogen and oxygen atoms in total. The summed E-state index contributed by atoms with van der Waals surface area (Å²) in [5.74, 6) is 0. The first-order valence-corrected chi connectivity index (χ1v) is 12.9. The van der Waals surface area contributed by atoms with Crippen LogP contribution >= 0.6 is 24.0 Å². The Bertz CT molecular complexity index is 1070. The number of amides is 1. The van der Waals surface area contributed by atoms with E-state index in [9.17, 15) is 4.79 Å². The highest BCUT2D eigenvalue weighted by atomic mass is 32.2. The van der Waals surface area contributed by atoms with E-state index in [2.05, 4.69) is 79.4 Å². The molecular weight excluding hydrogens is 472 g/mol. The Morgan fingerprint density at radius 2 is 1.51 bits per heavy atom. The molecule has 1 saturated heterocycles. The van der Waals surface area contributed by atoms with Gasteiger partial charge in [-0.3, -0.25) is 4.90 Å². The first-order chi connectivity index (χ1) is 16.9. The van der Waals surface area contributed by atoms with Crippen LogP contribution in [0.4, 0.5) is 4.79 Å². The molecular formula is C29H30N2O2S2. The fourth-order valence-electron chi connectivity index (χ4n) is 4.79. The van der Waals surface area contributed by atoms with Crippen molar-refractivity contribution >= 4 is 35.1 Å². The predicted molar refractivity (Wildman–Crippen MR) is 149 cm³/mol. The molecule has 0 spiro atoms. The molecule has 1 fully saturated rings. The lowest BCUT2D eigenvalue weighted by Crippen LogP contribution is -2.53. The Labute approximate surface area is 217 Å². The van der Waals surface area contributed by atoms with Crippen molar-refractivity contribution in [2.24, 2.45) is 5.73 Å². The molecule has 1 amide bonds. The Morgan fingerprint density at radius 1 is 1.06 bits per heavy atom. The van der Waals surface area contributed by atoms with Gasteiger partial charge < -0.3 is 10.5 Å². The highest BCUT2D eigenvalue weighted by Crippen LogP contribution is 2.53. The summed E-state index contributed by atoms with van der Waals surface area (Å²) in [6, 6.07) is 31.6. The highest BCUT2D eigenvalue weighted by Gasteiger charge is 2.51. The summed E-state index contributed by atoms with van der Waals surface area (Å²) in [6.07, 6.45) is 1.77. The summed E-state index contributed by atoms with van der Waals surface area (Å²) in [5.41, 5.74) is 8.94. The van der Waals surface area contributed by atoms with Gasteiger partial charge in [-0.15, -0.1) is 11.8 Å². The number of ether oxygens (including phenoxy) is 1. The third-order valence-electron chi connectivity index (χ3n) is 6.57. The number of hydrogen-bond acceptors (Lipinski definition) is 4. The molecule has 0 aliphatic carbocycles. The quantitative estimate of drug-likeness (QED) is 0.227. The van der Waals surface area contributed by atoms with Gasteiger partial charge in [0.2, 0.25) is 0 Å². The summed E-state index contributed by atoms with van der Waals surface area (Å²) in [7, 11) is 0. The maximum Gasteiger partial charge on any atom is 0.410 e. The number of likely N-dealkylation sites (tertiary alicyclic amines) is 1. The SMILES string of the molecule is C=CCOC(=O)N1C[C@@H](SC(c2ccccc2)(c2ccccc2)c2ccccc2)C[C@]1(C)C(N)=S. The number of carbonyl (C=O) groups excluding carboxylic acids is 1. The third kappa shape index (κ3) is 4.86. The van der Waals surface area contributed by atoms with Crippen LogP contribution in [0.3, 0.4) is 0 Å². The molecule has 180 valence electrons. The Balaban J connectivity index is 1.82. The van der Waals surface area contributed by atoms with Crippen molar-refractivity contribution in [2.45, 2.75) is 28.9 Å². The number of nitrogens with zero attached hydrogens (tertiary/aromatic N) is 1. The van der Waals surface area contributed by atoms with Crippen molar-refractivity contribution in [1.29, 1.82) is 0 Å². The molecule has 2 N–H and O–H groups in total. The van der Waals surface area contributed by atoms with Crippen LogP contribution in [-0.2, 0) is 9.48 Å². The van der Waals surface area contributed by atoms with E-state index in [0.29, 0.717) is 18.0 Å². The zero-order chi connectivity index (χ0) is 24.9. The summed E-state index contributed by atoms with van der Waals surface area (Å²) in [6.45, 7) is 6.19. The van der Waals surface area contributed by atoms with Crippen LogP contribution in [0.25, 0.3) is 0 Å². The predicted octanol–water partition coefficient (Wildman–Crippen LogP) is 6.15. The maximum atomic E-state index is 13.0. The first kappa shape index (κ1) is 25.0. The number of carbonyl (C=O) groups is 1. The van der Waals surface area contributed by atoms with E-state index >= 15 is 0 Å². The van der Waals surface area contributed by atoms with Gasteiger partial charge in [-0.1, -0.05) is 116 Å². The van der Waals surface area contributed by atoms with Crippen LogP contribution in [0.1, 0.15) is 30.0 Å². The van der Waals surface area contributed by atoms with E-state index in [-0.39, 0.29) is 11.9 Å². The van der Waals surface area contributed by atoms with Crippen molar-refractivity contribution < 1.29 is 9.53 Å². The van der Waals surface area contributed by atoms with Crippen LogP contribution in [0, 0.1) is 0 Å². The molecule has 3 aromatic carbocycles. The smallest absolute Gasteiger partial charge is 0.410 e. The first-order valence-electron chi connectivity index (χ1n) is 11.6. The fourth-order valence-corrected chi connectivity index (χ4v) is 6.93. The summed E-state index contributed by atoms with van der Waals surface area (Å²) in [5, 5.41) is 0.0541. The molecule has 1 aliphatic rings. The van der Waals surface area contributed by atoms with E-state index in [1.807, 2.05) is 36.9 Å². The van der Waals surface area contributed by atoms with Crippen LogP contribution in [0.5, 0.6) is 0 Å². The average molecular weight is 503 g/mol. The molecule has 0 saturated carbocycles. The van der Waals surface area contributed by atoms with Gasteiger partial charge in [0.05, 0.1) is 15.3 Å². The number of hydrogen-bond donors (Lipinski definition) is 1. The molecule has 2 atom stereocenters. The fraction of sp³-hybridized carbons (Fsp3) is 0.241. The zero-order valence-electron chi connectivity index (χ0n) is 19.8. The zero-order valence-corrected chi connectivity index (χ0v) is 21.4. The van der Waals surface area contributed by atoms with Crippen LogP contribution in [-0.4, -0.2) is 39.9 Å². The summed E-state index contributed by atoms with van der Waals surface area (Å²) >= 11 is 7.29. The van der Waals surface area contributed by atoms with Crippen LogP contribution < -0.4 is 5.73 Å². The summed E-state index contributed by atoms with van der Waals surface area (Å²) in [4.78, 5) is 15.0. The van der Waals surface area contributed by atoms with E-state index < -0.39 is 16.4 Å². The van der Waals surface area contributed by atoms with Crippen molar-refractivity contribution in [2.75, 3.05) is 13.2 Å². The molecule has 0 radical (unpaired) electrons. The average Bonchev–Trinajstić information content (AvgIpc) is 3.24. The lowest BCUT2D eigenvalue weighted by atomic mass is 9.84. The van der Waals surface area contributed by atoms with Gasteiger partial charge in [0.25, 0.3) is 0 Å². The van der Waals surface area contributed by atoms with Gasteiger partial charge in [0, 0.05) is 11.8 Å². The number of benzene rings is 3. The Hall–Kier alpha value is -3.09. The number of thioether (sulfide) groups is 1. The standard InChI is InChI=1S/C29H30N2O2S2/c1-3-19-33-27(32)31-21-25(20-28(31,2)26(30)34)35-29(22-13-7-4-8-14-22,23-15-9-5-10-16-23)24-17-11-6-12-18-24/h3-18,25H,1,19-21H2,2H3,(H2,30,34)/t25-,28+/m0/s1. The van der Waals surface area contributed by atoms with Gasteiger partial charge in [0.1, 0.15) is 6.61 Å². The molecule has 0 unspecified atom stereocenters. The minimum atomic E-state index is -0.777. The lowest BCUT2D eigenvalue weighted by Gasteiger charge is -2.37. The minimum absolute atomic E-state index is 0.0541. The monoisotopic (exact) mass is 502 g/mol. The molecule has 6 heteroatoms. The van der Waals surface area contributed by atoms with Crippen LogP contribution in [0.15, 0.2) is 104 Å². The second-order valence-corrected chi connectivity index (χ2v) is 10.8. The van der Waals surface area contributed by atoms with Crippen molar-refractivity contribution in [3.05, 3.63) is 120 Å². The molecule has 35 heavy (non-hydrogen) atoms. The van der Waals surface area contributed by atoms with Crippen molar-refractivity contribution in [3.63, 3.8) is 0 Å². The summed E-state index contributed by atoms with van der Waals surface area (Å²) < 4.78 is 4.90. The van der Waals surface area contributed by atoms with Crippen LogP contribution in [0.2, 0.25) is 0 Å². The molecule has 3 aromatic rings. The number of nitrogens with two attached hydrogens (primary N) is 1. The van der Waals surface area contributed by atoms with E-state index in [4.69, 9.17) is 22.7 Å². The number of rotatable bonds is 8. The van der Waals surface area contributed by atoms with Gasteiger partial charge in [0.15, 0.2) is 0 Å². The van der Waals surface area contributed by atoms with Gasteiger partial charge in [-0.05, 0) is 30.0 Å². The Kier molecular flexibility index (Phi) is 7.63. The molecule has 4 rings (SSSR count). The van der Waals surface area contributed by atoms with E-state index in [0.717, 1.165) is 0 Å². The number of thiocarbonyl (C=S) groups is 1. The van der Waals surface area contributed by atoms with E-state index in [1.54, 1.807) is 11.0 Å². The lowest BCUT2D eigenvalue weighted by molar-refractivity contribution is 0.101. The molecule has 0 bridgehead atoms. The van der Waals surface area contributed by atoms with Crippen molar-refractivity contribution in [1.82, 2.24) is 4.90 Å². The highest BCUT2D eigenvalue weighted by molar-refractivity contribution is 8.01. The third-order valence-corrected chi connectivity index (χ3v) is 8.72. The topological polar surface area (TPSA) is 55.6 Å². The van der Waals surface area contributed by atoms with Gasteiger partial charge in [-0.25, -0.2) is 4.79 Å². The second-order valence-electron chi connectivity index (χ2n) is 8.84. The minimum Gasteiger partial charge on any atom is -0.445 e. The largest absolute Gasteiger partial charge is 0.445 e. The normalized spacial score (nSPS) is 19.8. The molecule has 1 aliphatic heterocycles. The van der Waals surface area contributed by atoms with Gasteiger partial charge in [-0.2, -0.15) is 0 Å². The van der Waals surface area contributed by atoms with Gasteiger partial charge >= 0.3 is 6.09 Å². The molecule has 0 aromatic heterocycles. The Morgan fingerprint density at radius 3 is 1.91 bits per heavy atom. The van der Waals surface area contributed by atoms with E-state index in [1.165, 1.54) is 16.7 Å². The second kappa shape index (κ2) is 10.7.